The minimum atomic E-state index is -0.594. The fourth-order valence-corrected chi connectivity index (χ4v) is 5.58. The maximum Gasteiger partial charge on any atom is 0.255 e. The fraction of sp³-hybridized carbons (Fsp3) is 0.207. The third-order valence-electron chi connectivity index (χ3n) is 6.23. The Balaban J connectivity index is 1.59. The number of rotatable bonds is 8. The summed E-state index contributed by atoms with van der Waals surface area (Å²) in [6, 6.07) is 20.5. The third kappa shape index (κ3) is 6.00. The summed E-state index contributed by atoms with van der Waals surface area (Å²) >= 11 is 11.6. The molecular formula is C29H27BrClN5O2S. The lowest BCUT2D eigenvalue weighted by Gasteiger charge is -2.30. The van der Waals surface area contributed by atoms with E-state index in [2.05, 4.69) is 38.5 Å². The SMILES string of the molecule is CCSc1nc2n(n1)C(c1cc(Br)ccc1OCc1ccccc1Cl)C(C(=O)Nc1cccc(C)c1)=C(C)N2. The second kappa shape index (κ2) is 11.9. The number of nitrogens with one attached hydrogen (secondary N) is 2. The summed E-state index contributed by atoms with van der Waals surface area (Å²) < 4.78 is 8.95. The van der Waals surface area contributed by atoms with Gasteiger partial charge in [0.2, 0.25) is 11.1 Å². The Morgan fingerprint density at radius 1 is 1.15 bits per heavy atom. The molecule has 1 aliphatic heterocycles. The van der Waals surface area contributed by atoms with Crippen molar-refractivity contribution in [2.24, 2.45) is 0 Å². The standard InChI is InChI=1S/C29H27BrClN5O2S/c1-4-39-29-34-28-32-18(3)25(27(37)33-21-10-7-8-17(2)14-21)26(36(28)35-29)22-15-20(30)12-13-24(22)38-16-19-9-5-6-11-23(19)31/h5-15,26H,4,16H2,1-3H3,(H,33,37)(H,32,34,35). The van der Waals surface area contributed by atoms with Crippen LogP contribution in [0.25, 0.3) is 0 Å². The van der Waals surface area contributed by atoms with Crippen molar-refractivity contribution < 1.29 is 9.53 Å². The Bertz CT molecular complexity index is 1570. The number of ether oxygens (including phenoxy) is 1. The number of carbonyl (C=O) groups is 1. The largest absolute Gasteiger partial charge is 0.488 e. The second-order valence-electron chi connectivity index (χ2n) is 9.05. The van der Waals surface area contributed by atoms with Crippen LogP contribution in [0.3, 0.4) is 0 Å². The molecule has 0 saturated heterocycles. The zero-order valence-corrected chi connectivity index (χ0v) is 24.8. The molecule has 2 heterocycles. The van der Waals surface area contributed by atoms with E-state index in [-0.39, 0.29) is 12.5 Å². The molecule has 200 valence electrons. The number of thioether (sulfide) groups is 1. The van der Waals surface area contributed by atoms with Gasteiger partial charge in [-0.1, -0.05) is 76.5 Å². The number of hydrogen-bond acceptors (Lipinski definition) is 6. The van der Waals surface area contributed by atoms with Crippen molar-refractivity contribution in [3.63, 3.8) is 0 Å². The van der Waals surface area contributed by atoms with E-state index in [4.69, 9.17) is 21.4 Å². The molecule has 7 nitrogen and oxygen atoms in total. The van der Waals surface area contributed by atoms with Gasteiger partial charge in [-0.05, 0) is 61.6 Å². The van der Waals surface area contributed by atoms with Gasteiger partial charge in [-0.15, -0.1) is 5.10 Å². The summed E-state index contributed by atoms with van der Waals surface area (Å²) in [5, 5.41) is 12.4. The maximum atomic E-state index is 13.9. The lowest BCUT2D eigenvalue weighted by Crippen LogP contribution is -2.31. The average molecular weight is 625 g/mol. The second-order valence-corrected chi connectivity index (χ2v) is 11.6. The molecule has 1 unspecified atom stereocenters. The highest BCUT2D eigenvalue weighted by Crippen LogP contribution is 2.41. The van der Waals surface area contributed by atoms with Gasteiger partial charge in [-0.25, -0.2) is 4.68 Å². The normalized spacial score (nSPS) is 14.5. The Hall–Kier alpha value is -3.27. The van der Waals surface area contributed by atoms with Gasteiger partial charge in [-0.2, -0.15) is 4.98 Å². The molecule has 0 spiro atoms. The van der Waals surface area contributed by atoms with Gasteiger partial charge in [0.15, 0.2) is 0 Å². The molecule has 1 atom stereocenters. The first-order chi connectivity index (χ1) is 18.8. The number of aryl methyl sites for hydroxylation is 1. The van der Waals surface area contributed by atoms with Crippen LogP contribution in [-0.2, 0) is 11.4 Å². The molecule has 39 heavy (non-hydrogen) atoms. The Kier molecular flexibility index (Phi) is 8.30. The predicted molar refractivity (Wildman–Crippen MR) is 161 cm³/mol. The molecule has 0 saturated carbocycles. The van der Waals surface area contributed by atoms with Crippen LogP contribution >= 0.6 is 39.3 Å². The number of halogens is 2. The van der Waals surface area contributed by atoms with Crippen molar-refractivity contribution in [1.29, 1.82) is 0 Å². The summed E-state index contributed by atoms with van der Waals surface area (Å²) in [5.41, 5.74) is 4.61. The monoisotopic (exact) mass is 623 g/mol. The number of benzene rings is 3. The number of hydrogen-bond donors (Lipinski definition) is 2. The van der Waals surface area contributed by atoms with E-state index in [1.807, 2.05) is 80.6 Å². The third-order valence-corrected chi connectivity index (χ3v) is 7.82. The molecule has 3 aromatic carbocycles. The molecule has 1 aromatic heterocycles. The van der Waals surface area contributed by atoms with Gasteiger partial charge in [0, 0.05) is 32.0 Å². The van der Waals surface area contributed by atoms with Crippen LogP contribution in [0.5, 0.6) is 5.75 Å². The smallest absolute Gasteiger partial charge is 0.255 e. The van der Waals surface area contributed by atoms with Gasteiger partial charge < -0.3 is 15.4 Å². The Labute approximate surface area is 245 Å². The van der Waals surface area contributed by atoms with Crippen LogP contribution in [0.4, 0.5) is 11.6 Å². The van der Waals surface area contributed by atoms with Crippen molar-refractivity contribution >= 4 is 56.8 Å². The van der Waals surface area contributed by atoms with Gasteiger partial charge in [-0.3, -0.25) is 4.79 Å². The molecular weight excluding hydrogens is 598 g/mol. The maximum absolute atomic E-state index is 13.9. The minimum absolute atomic E-state index is 0.238. The van der Waals surface area contributed by atoms with Crippen molar-refractivity contribution in [1.82, 2.24) is 14.8 Å². The molecule has 4 aromatic rings. The van der Waals surface area contributed by atoms with Crippen LogP contribution in [-0.4, -0.2) is 26.4 Å². The van der Waals surface area contributed by atoms with Gasteiger partial charge in [0.1, 0.15) is 18.4 Å². The Morgan fingerprint density at radius 2 is 1.97 bits per heavy atom. The van der Waals surface area contributed by atoms with E-state index in [1.54, 1.807) is 16.4 Å². The van der Waals surface area contributed by atoms with Crippen LogP contribution in [0, 0.1) is 6.92 Å². The highest BCUT2D eigenvalue weighted by molar-refractivity contribution is 9.10. The van der Waals surface area contributed by atoms with E-state index in [1.165, 1.54) is 0 Å². The summed E-state index contributed by atoms with van der Waals surface area (Å²) in [6.45, 7) is 6.19. The van der Waals surface area contributed by atoms with Gasteiger partial charge in [0.05, 0.1) is 5.57 Å². The molecule has 0 radical (unpaired) electrons. The first kappa shape index (κ1) is 27.3. The molecule has 10 heteroatoms. The van der Waals surface area contributed by atoms with E-state index < -0.39 is 6.04 Å². The number of anilines is 2. The van der Waals surface area contributed by atoms with E-state index in [9.17, 15) is 4.79 Å². The van der Waals surface area contributed by atoms with E-state index in [0.29, 0.717) is 33.1 Å². The van der Waals surface area contributed by atoms with Crippen LogP contribution in [0.2, 0.25) is 5.02 Å². The molecule has 0 fully saturated rings. The highest BCUT2D eigenvalue weighted by Gasteiger charge is 2.36. The van der Waals surface area contributed by atoms with Crippen molar-refractivity contribution in [3.05, 3.63) is 104 Å². The summed E-state index contributed by atoms with van der Waals surface area (Å²) in [6.07, 6.45) is 0. The van der Waals surface area contributed by atoms with E-state index in [0.717, 1.165) is 32.6 Å². The van der Waals surface area contributed by atoms with Crippen molar-refractivity contribution in [3.8, 4) is 5.75 Å². The predicted octanol–water partition coefficient (Wildman–Crippen LogP) is 7.62. The molecule has 2 N–H and O–H groups in total. The first-order valence-electron chi connectivity index (χ1n) is 12.4. The Morgan fingerprint density at radius 3 is 2.74 bits per heavy atom. The van der Waals surface area contributed by atoms with E-state index >= 15 is 0 Å². The highest BCUT2D eigenvalue weighted by atomic mass is 79.9. The number of amides is 1. The lowest BCUT2D eigenvalue weighted by molar-refractivity contribution is -0.113. The quantitative estimate of drug-likeness (QED) is 0.196. The lowest BCUT2D eigenvalue weighted by atomic mass is 9.94. The zero-order valence-electron chi connectivity index (χ0n) is 21.7. The van der Waals surface area contributed by atoms with Crippen LogP contribution < -0.4 is 15.4 Å². The molecule has 0 aliphatic carbocycles. The molecule has 1 aliphatic rings. The molecule has 1 amide bonds. The number of allylic oxidation sites excluding steroid dienone is 1. The van der Waals surface area contributed by atoms with Crippen LogP contribution in [0.1, 0.15) is 36.6 Å². The number of aromatic nitrogens is 3. The van der Waals surface area contributed by atoms with Crippen molar-refractivity contribution in [2.75, 3.05) is 16.4 Å². The minimum Gasteiger partial charge on any atom is -0.488 e. The topological polar surface area (TPSA) is 81.1 Å². The molecule has 5 rings (SSSR count). The zero-order chi connectivity index (χ0) is 27.5. The van der Waals surface area contributed by atoms with Gasteiger partial charge in [0.25, 0.3) is 5.91 Å². The first-order valence-corrected chi connectivity index (χ1v) is 14.6. The average Bonchev–Trinajstić information content (AvgIpc) is 3.30. The molecule has 0 bridgehead atoms. The van der Waals surface area contributed by atoms with Gasteiger partial charge >= 0.3 is 0 Å². The number of fused-ring (bicyclic) bond motifs is 1. The summed E-state index contributed by atoms with van der Waals surface area (Å²) in [7, 11) is 0. The summed E-state index contributed by atoms with van der Waals surface area (Å²) in [5.74, 6) is 1.77. The van der Waals surface area contributed by atoms with Crippen LogP contribution in [0.15, 0.2) is 87.6 Å². The fourth-order valence-electron chi connectivity index (χ4n) is 4.46. The van der Waals surface area contributed by atoms with Crippen molar-refractivity contribution in [2.45, 2.75) is 38.6 Å². The number of nitrogens with zero attached hydrogens (tertiary/aromatic N) is 3. The summed E-state index contributed by atoms with van der Waals surface area (Å²) in [4.78, 5) is 18.6. The number of carbonyl (C=O) groups excluding carboxylic acids is 1.